The molecule has 5 heteroatoms. The predicted octanol–water partition coefficient (Wildman–Crippen LogP) is 6.84. The summed E-state index contributed by atoms with van der Waals surface area (Å²) in [7, 11) is 0. The molecular formula is C25H26Cl2N2O. The number of fused-ring (bicyclic) bond motifs is 3. The maximum Gasteiger partial charge on any atom is 0.255 e. The molecule has 0 bridgehead atoms. The molecule has 3 unspecified atom stereocenters. The van der Waals surface area contributed by atoms with E-state index in [2.05, 4.69) is 23.5 Å². The lowest BCUT2D eigenvalue weighted by Crippen LogP contribution is -2.35. The van der Waals surface area contributed by atoms with Crippen molar-refractivity contribution in [3.8, 4) is 0 Å². The smallest absolute Gasteiger partial charge is 0.255 e. The number of nitrogens with one attached hydrogen (secondary N) is 1. The molecule has 156 valence electrons. The van der Waals surface area contributed by atoms with Crippen LogP contribution in [0.15, 0.2) is 48.6 Å². The van der Waals surface area contributed by atoms with Crippen molar-refractivity contribution in [1.29, 1.82) is 0 Å². The molecule has 3 nitrogen and oxygen atoms in total. The van der Waals surface area contributed by atoms with Crippen molar-refractivity contribution >= 4 is 34.8 Å². The molecule has 1 aliphatic carbocycles. The zero-order chi connectivity index (χ0) is 20.7. The first kappa shape index (κ1) is 20.0. The van der Waals surface area contributed by atoms with E-state index in [9.17, 15) is 4.79 Å². The fourth-order valence-corrected chi connectivity index (χ4v) is 5.83. The van der Waals surface area contributed by atoms with Crippen LogP contribution in [0.1, 0.15) is 65.5 Å². The summed E-state index contributed by atoms with van der Waals surface area (Å²) >= 11 is 12.7. The molecule has 3 aliphatic rings. The monoisotopic (exact) mass is 440 g/mol. The lowest BCUT2D eigenvalue weighted by molar-refractivity contribution is 0.0762. The van der Waals surface area contributed by atoms with E-state index in [1.54, 1.807) is 6.07 Å². The van der Waals surface area contributed by atoms with Gasteiger partial charge in [0, 0.05) is 29.1 Å². The fraction of sp³-hybridized carbons (Fsp3) is 0.400. The first-order valence-corrected chi connectivity index (χ1v) is 11.7. The average molecular weight is 441 g/mol. The summed E-state index contributed by atoms with van der Waals surface area (Å²) < 4.78 is 0. The number of hydrogen-bond donors (Lipinski definition) is 1. The van der Waals surface area contributed by atoms with Gasteiger partial charge in [0.2, 0.25) is 0 Å². The number of hydrogen-bond acceptors (Lipinski definition) is 2. The van der Waals surface area contributed by atoms with Crippen molar-refractivity contribution in [2.24, 2.45) is 5.92 Å². The molecule has 0 radical (unpaired) electrons. The highest BCUT2D eigenvalue weighted by Gasteiger charge is 2.40. The highest BCUT2D eigenvalue weighted by Crippen LogP contribution is 2.51. The van der Waals surface area contributed by atoms with Gasteiger partial charge in [-0.2, -0.15) is 0 Å². The molecular weight excluding hydrogens is 415 g/mol. The van der Waals surface area contributed by atoms with Gasteiger partial charge in [-0.05, 0) is 54.5 Å². The Labute approximate surface area is 188 Å². The van der Waals surface area contributed by atoms with Crippen molar-refractivity contribution in [1.82, 2.24) is 4.90 Å². The largest absolute Gasteiger partial charge is 0.377 e. The van der Waals surface area contributed by atoms with E-state index in [-0.39, 0.29) is 17.9 Å². The van der Waals surface area contributed by atoms with Crippen molar-refractivity contribution in [2.75, 3.05) is 18.4 Å². The Morgan fingerprint density at radius 1 is 1.00 bits per heavy atom. The number of nitrogens with zero attached hydrogens (tertiary/aromatic N) is 1. The summed E-state index contributed by atoms with van der Waals surface area (Å²) in [6.07, 6.45) is 10.1. The molecule has 1 amide bonds. The third-order valence-corrected chi connectivity index (χ3v) is 7.38. The van der Waals surface area contributed by atoms with Crippen LogP contribution in [-0.2, 0) is 0 Å². The molecule has 1 saturated heterocycles. The number of carbonyl (C=O) groups excluding carboxylic acids is 1. The van der Waals surface area contributed by atoms with E-state index in [4.69, 9.17) is 23.2 Å². The summed E-state index contributed by atoms with van der Waals surface area (Å²) in [6.45, 7) is 1.70. The Kier molecular flexibility index (Phi) is 5.51. The van der Waals surface area contributed by atoms with Gasteiger partial charge in [0.05, 0.1) is 17.3 Å². The van der Waals surface area contributed by atoms with Gasteiger partial charge in [-0.15, -0.1) is 0 Å². The molecule has 1 fully saturated rings. The minimum absolute atomic E-state index is 0.0420. The molecule has 0 aromatic heterocycles. The van der Waals surface area contributed by atoms with Crippen LogP contribution >= 0.6 is 23.2 Å². The standard InChI is InChI=1S/C25H26Cl2N2O/c26-16-11-12-20(22(27)15-16)23-18-8-5-7-17(18)19-9-6-10-21(24(19)28-23)25(30)29-13-3-1-2-4-14-29/h5-7,9-12,15,17-18,23,28H,1-4,8,13-14H2. The number of allylic oxidation sites excluding steroid dienone is 2. The zero-order valence-corrected chi connectivity index (χ0v) is 18.4. The molecule has 2 aromatic rings. The van der Waals surface area contributed by atoms with E-state index in [0.717, 1.165) is 49.2 Å². The molecule has 2 aromatic carbocycles. The second kappa shape index (κ2) is 8.28. The lowest BCUT2D eigenvalue weighted by Gasteiger charge is -2.39. The Hall–Kier alpha value is -1.97. The Balaban J connectivity index is 1.55. The second-order valence-electron chi connectivity index (χ2n) is 8.62. The van der Waals surface area contributed by atoms with Crippen LogP contribution in [0, 0.1) is 5.92 Å². The summed E-state index contributed by atoms with van der Waals surface area (Å²) in [4.78, 5) is 15.5. The molecule has 1 N–H and O–H groups in total. The van der Waals surface area contributed by atoms with E-state index >= 15 is 0 Å². The molecule has 5 rings (SSSR count). The van der Waals surface area contributed by atoms with Gasteiger partial charge in [-0.1, -0.05) is 66.4 Å². The molecule has 3 atom stereocenters. The van der Waals surface area contributed by atoms with Crippen LogP contribution < -0.4 is 5.32 Å². The summed E-state index contributed by atoms with van der Waals surface area (Å²) in [5.74, 6) is 0.803. The van der Waals surface area contributed by atoms with E-state index in [1.807, 2.05) is 29.2 Å². The number of rotatable bonds is 2. The topological polar surface area (TPSA) is 32.3 Å². The molecule has 2 heterocycles. The third-order valence-electron chi connectivity index (χ3n) is 6.82. The fourth-order valence-electron chi connectivity index (χ4n) is 5.31. The lowest BCUT2D eigenvalue weighted by atomic mass is 9.76. The minimum atomic E-state index is 0.0420. The average Bonchev–Trinajstić information content (AvgIpc) is 3.08. The van der Waals surface area contributed by atoms with Crippen LogP contribution in [-0.4, -0.2) is 23.9 Å². The molecule has 30 heavy (non-hydrogen) atoms. The van der Waals surface area contributed by atoms with Crippen molar-refractivity contribution in [2.45, 2.75) is 44.1 Å². The van der Waals surface area contributed by atoms with Crippen molar-refractivity contribution < 1.29 is 4.79 Å². The van der Waals surface area contributed by atoms with Gasteiger partial charge in [-0.25, -0.2) is 0 Å². The van der Waals surface area contributed by atoms with Crippen molar-refractivity contribution in [3.63, 3.8) is 0 Å². The SMILES string of the molecule is O=C(c1cccc2c1NC(c1ccc(Cl)cc1Cl)C1CC=CC21)N1CCCCCC1. The van der Waals surface area contributed by atoms with Crippen LogP contribution in [0.4, 0.5) is 5.69 Å². The molecule has 2 aliphatic heterocycles. The van der Waals surface area contributed by atoms with Gasteiger partial charge in [0.1, 0.15) is 0 Å². The van der Waals surface area contributed by atoms with E-state index in [0.29, 0.717) is 16.0 Å². The summed E-state index contributed by atoms with van der Waals surface area (Å²) in [5.41, 5.74) is 4.01. The van der Waals surface area contributed by atoms with Gasteiger partial charge in [0.15, 0.2) is 0 Å². The molecule has 0 saturated carbocycles. The van der Waals surface area contributed by atoms with Crippen LogP contribution in [0.3, 0.4) is 0 Å². The van der Waals surface area contributed by atoms with Crippen LogP contribution in [0.25, 0.3) is 0 Å². The zero-order valence-electron chi connectivity index (χ0n) is 16.9. The van der Waals surface area contributed by atoms with Gasteiger partial charge in [-0.3, -0.25) is 4.79 Å². The first-order chi connectivity index (χ1) is 14.6. The van der Waals surface area contributed by atoms with Gasteiger partial charge >= 0.3 is 0 Å². The number of benzene rings is 2. The Morgan fingerprint density at radius 2 is 1.80 bits per heavy atom. The van der Waals surface area contributed by atoms with Crippen LogP contribution in [0.2, 0.25) is 10.0 Å². The Bertz CT molecular complexity index is 995. The van der Waals surface area contributed by atoms with Gasteiger partial charge < -0.3 is 10.2 Å². The number of para-hydroxylation sites is 1. The molecule has 0 spiro atoms. The predicted molar refractivity (Wildman–Crippen MR) is 124 cm³/mol. The number of likely N-dealkylation sites (tertiary alicyclic amines) is 1. The van der Waals surface area contributed by atoms with E-state index in [1.165, 1.54) is 18.4 Å². The summed E-state index contributed by atoms with van der Waals surface area (Å²) in [6, 6.07) is 11.9. The first-order valence-electron chi connectivity index (χ1n) is 10.9. The summed E-state index contributed by atoms with van der Waals surface area (Å²) in [5, 5.41) is 5.04. The number of amides is 1. The number of carbonyl (C=O) groups is 1. The van der Waals surface area contributed by atoms with E-state index < -0.39 is 0 Å². The van der Waals surface area contributed by atoms with Crippen LogP contribution in [0.5, 0.6) is 0 Å². The van der Waals surface area contributed by atoms with Crippen molar-refractivity contribution in [3.05, 3.63) is 75.3 Å². The number of anilines is 1. The number of halogens is 2. The van der Waals surface area contributed by atoms with Gasteiger partial charge in [0.25, 0.3) is 5.91 Å². The maximum absolute atomic E-state index is 13.5. The highest BCUT2D eigenvalue weighted by atomic mass is 35.5. The Morgan fingerprint density at radius 3 is 2.57 bits per heavy atom. The normalized spacial score (nSPS) is 25.3. The minimum Gasteiger partial charge on any atom is -0.377 e. The quantitative estimate of drug-likeness (QED) is 0.518. The highest BCUT2D eigenvalue weighted by molar-refractivity contribution is 6.35. The maximum atomic E-state index is 13.5. The third kappa shape index (κ3) is 3.52. The second-order valence-corrected chi connectivity index (χ2v) is 9.46.